The highest BCUT2D eigenvalue weighted by molar-refractivity contribution is 5.86. The number of rotatable bonds is 21. The van der Waals surface area contributed by atoms with Crippen molar-refractivity contribution in [1.29, 1.82) is 0 Å². The molecule has 1 unspecified atom stereocenters. The Morgan fingerprint density at radius 1 is 0.793 bits per heavy atom. The Kier molecular flexibility index (Phi) is 17.3. The molecule has 0 bridgehead atoms. The minimum absolute atomic E-state index is 0.161. The Balaban J connectivity index is 3.88. The molecule has 0 saturated carbocycles. The molecular formula is C23H44O6. The van der Waals surface area contributed by atoms with E-state index in [2.05, 4.69) is 6.58 Å². The first-order valence-corrected chi connectivity index (χ1v) is 11.4. The fraction of sp³-hybridized carbons (Fsp3) is 0.870. The monoisotopic (exact) mass is 416 g/mol. The zero-order valence-corrected chi connectivity index (χ0v) is 19.2. The number of unbranched alkanes of at least 4 members (excludes halogenated alkanes) is 7. The van der Waals surface area contributed by atoms with Gasteiger partial charge >= 0.3 is 5.97 Å². The van der Waals surface area contributed by atoms with E-state index in [0.29, 0.717) is 26.4 Å². The largest absolute Gasteiger partial charge is 0.478 e. The Morgan fingerprint density at radius 2 is 1.24 bits per heavy atom. The van der Waals surface area contributed by atoms with Crippen LogP contribution in [0.4, 0.5) is 0 Å². The zero-order chi connectivity index (χ0) is 22.0. The Bertz CT molecular complexity index is 407. The molecule has 172 valence electrons. The molecule has 0 fully saturated rings. The summed E-state index contributed by atoms with van der Waals surface area (Å²) >= 11 is 0. The molecule has 29 heavy (non-hydrogen) atoms. The molecule has 1 atom stereocenters. The molecule has 6 nitrogen and oxygen atoms in total. The lowest BCUT2D eigenvalue weighted by Crippen LogP contribution is -2.39. The van der Waals surface area contributed by atoms with Crippen molar-refractivity contribution in [1.82, 2.24) is 0 Å². The summed E-state index contributed by atoms with van der Waals surface area (Å²) in [6, 6.07) is 0. The summed E-state index contributed by atoms with van der Waals surface area (Å²) < 4.78 is 22.8. The van der Waals surface area contributed by atoms with Crippen LogP contribution < -0.4 is 0 Å². The average molecular weight is 417 g/mol. The maximum Gasteiger partial charge on any atom is 0.333 e. The van der Waals surface area contributed by atoms with Crippen molar-refractivity contribution in [2.45, 2.75) is 104 Å². The van der Waals surface area contributed by atoms with Crippen LogP contribution in [0.3, 0.4) is 0 Å². The molecule has 0 aromatic heterocycles. The van der Waals surface area contributed by atoms with Gasteiger partial charge < -0.3 is 24.1 Å². The van der Waals surface area contributed by atoms with Crippen molar-refractivity contribution in [2.24, 2.45) is 0 Å². The molecular weight excluding hydrogens is 372 g/mol. The van der Waals surface area contributed by atoms with Crippen molar-refractivity contribution in [3.05, 3.63) is 12.2 Å². The molecule has 0 aliphatic rings. The van der Waals surface area contributed by atoms with Crippen molar-refractivity contribution in [3.63, 3.8) is 0 Å². The summed E-state index contributed by atoms with van der Waals surface area (Å²) in [4.78, 5) is 11.0. The van der Waals surface area contributed by atoms with Gasteiger partial charge in [0.2, 0.25) is 0 Å². The van der Waals surface area contributed by atoms with Crippen LogP contribution in [0, 0.1) is 0 Å². The summed E-state index contributed by atoms with van der Waals surface area (Å²) in [5.41, 5.74) is 0.161. The van der Waals surface area contributed by atoms with E-state index >= 15 is 0 Å². The van der Waals surface area contributed by atoms with E-state index in [-0.39, 0.29) is 11.7 Å². The number of carbonyl (C=O) groups is 1. The number of aliphatic carboxylic acids is 1. The number of hydrogen-bond donors (Lipinski definition) is 1. The normalized spacial score (nSPS) is 12.8. The highest BCUT2D eigenvalue weighted by Crippen LogP contribution is 2.24. The van der Waals surface area contributed by atoms with Gasteiger partial charge in [-0.2, -0.15) is 0 Å². The fourth-order valence-corrected chi connectivity index (χ4v) is 3.43. The highest BCUT2D eigenvalue weighted by Gasteiger charge is 2.31. The maximum absolute atomic E-state index is 11.0. The van der Waals surface area contributed by atoms with Gasteiger partial charge in [-0.15, -0.1) is 0 Å². The minimum atomic E-state index is -0.967. The van der Waals surface area contributed by atoms with E-state index < -0.39 is 11.9 Å². The van der Waals surface area contributed by atoms with E-state index in [9.17, 15) is 4.79 Å². The second kappa shape index (κ2) is 17.9. The second-order valence-corrected chi connectivity index (χ2v) is 7.12. The number of carboxylic acid groups (broad SMARTS) is 1. The summed E-state index contributed by atoms with van der Waals surface area (Å²) in [7, 11) is 0. The van der Waals surface area contributed by atoms with Gasteiger partial charge in [0, 0.05) is 32.8 Å². The van der Waals surface area contributed by atoms with Gasteiger partial charge in [-0.05, 0) is 40.5 Å². The summed E-state index contributed by atoms with van der Waals surface area (Å²) in [5, 5.41) is 9.06. The Morgan fingerprint density at radius 3 is 1.66 bits per heavy atom. The average Bonchev–Trinajstić information content (AvgIpc) is 2.68. The number of carboxylic acids is 1. The predicted molar refractivity (Wildman–Crippen MR) is 116 cm³/mol. The second-order valence-electron chi connectivity index (χ2n) is 7.12. The number of ether oxygens (including phenoxy) is 4. The van der Waals surface area contributed by atoms with Crippen LogP contribution in [0.1, 0.15) is 91.9 Å². The smallest absolute Gasteiger partial charge is 0.333 e. The van der Waals surface area contributed by atoms with Gasteiger partial charge in [-0.1, -0.05) is 51.5 Å². The fourth-order valence-electron chi connectivity index (χ4n) is 3.43. The van der Waals surface area contributed by atoms with Gasteiger partial charge in [0.15, 0.2) is 0 Å². The van der Waals surface area contributed by atoms with Crippen LogP contribution in [0.5, 0.6) is 0 Å². The molecule has 6 heteroatoms. The first-order chi connectivity index (χ1) is 14.0. The van der Waals surface area contributed by atoms with Gasteiger partial charge in [0.05, 0.1) is 11.7 Å². The van der Waals surface area contributed by atoms with Gasteiger partial charge in [0.1, 0.15) is 0 Å². The maximum atomic E-state index is 11.0. The van der Waals surface area contributed by atoms with E-state index in [1.54, 1.807) is 0 Å². The van der Waals surface area contributed by atoms with E-state index in [1.165, 1.54) is 25.7 Å². The molecule has 0 heterocycles. The molecule has 0 rings (SSSR count). The van der Waals surface area contributed by atoms with Crippen molar-refractivity contribution >= 4 is 5.97 Å². The third-order valence-electron chi connectivity index (χ3n) is 4.82. The molecule has 0 aromatic rings. The summed E-state index contributed by atoms with van der Waals surface area (Å²) in [6.07, 6.45) is 10.1. The lowest BCUT2D eigenvalue weighted by Gasteiger charge is -2.32. The molecule has 0 aromatic carbocycles. The third kappa shape index (κ3) is 13.1. The van der Waals surface area contributed by atoms with Crippen LogP contribution in [-0.2, 0) is 23.7 Å². The van der Waals surface area contributed by atoms with Gasteiger partial charge in [-0.25, -0.2) is 4.79 Å². The van der Waals surface area contributed by atoms with E-state index in [0.717, 1.165) is 38.5 Å². The van der Waals surface area contributed by atoms with Crippen LogP contribution in [0.2, 0.25) is 0 Å². The molecule has 0 saturated heterocycles. The van der Waals surface area contributed by atoms with Crippen LogP contribution in [0.25, 0.3) is 0 Å². The number of hydrogen-bond acceptors (Lipinski definition) is 5. The van der Waals surface area contributed by atoms with Crippen molar-refractivity contribution in [3.8, 4) is 0 Å². The summed E-state index contributed by atoms with van der Waals surface area (Å²) in [5.74, 6) is -1.85. The lowest BCUT2D eigenvalue weighted by molar-refractivity contribution is -0.380. The first kappa shape index (κ1) is 28.1. The van der Waals surface area contributed by atoms with E-state index in [4.69, 9.17) is 24.1 Å². The molecule has 0 aliphatic heterocycles. The quantitative estimate of drug-likeness (QED) is 0.147. The topological polar surface area (TPSA) is 74.2 Å². The Hall–Kier alpha value is -0.950. The van der Waals surface area contributed by atoms with Crippen LogP contribution >= 0.6 is 0 Å². The standard InChI is InChI=1S/C23H44O6/c1-6-26-21(20(5)22(24)25)18-16-14-12-10-11-13-15-17-19-23(27-7-2,28-8-3)29-9-4/h21H,5-19H2,1-4H3,(H,24,25). The highest BCUT2D eigenvalue weighted by atomic mass is 16.9. The SMILES string of the molecule is C=C(C(=O)O)C(CCCCCCCCCCC(OCC)(OCC)OCC)OCC. The van der Waals surface area contributed by atoms with Crippen LogP contribution in [-0.4, -0.2) is 49.6 Å². The van der Waals surface area contributed by atoms with E-state index in [1.807, 2.05) is 27.7 Å². The van der Waals surface area contributed by atoms with Gasteiger partial charge in [0.25, 0.3) is 5.97 Å². The van der Waals surface area contributed by atoms with Gasteiger partial charge in [-0.3, -0.25) is 0 Å². The molecule has 0 amide bonds. The third-order valence-corrected chi connectivity index (χ3v) is 4.82. The Labute approximate surface area is 177 Å². The molecule has 0 radical (unpaired) electrons. The molecule has 1 N–H and O–H groups in total. The van der Waals surface area contributed by atoms with Crippen LogP contribution in [0.15, 0.2) is 12.2 Å². The predicted octanol–water partition coefficient (Wildman–Crippen LogP) is 5.70. The molecule has 0 aliphatic carbocycles. The minimum Gasteiger partial charge on any atom is -0.478 e. The zero-order valence-electron chi connectivity index (χ0n) is 19.2. The van der Waals surface area contributed by atoms with Crippen molar-refractivity contribution in [2.75, 3.05) is 26.4 Å². The van der Waals surface area contributed by atoms with Crippen molar-refractivity contribution < 1.29 is 28.8 Å². The lowest BCUT2D eigenvalue weighted by atomic mass is 10.0. The molecule has 0 spiro atoms. The summed E-state index contributed by atoms with van der Waals surface area (Å²) in [6.45, 7) is 13.6. The first-order valence-electron chi connectivity index (χ1n) is 11.4.